The lowest BCUT2D eigenvalue weighted by Crippen LogP contribution is -2.11. The Kier molecular flexibility index (Phi) is 5.17. The molecule has 3 aromatic rings. The van der Waals surface area contributed by atoms with Crippen molar-refractivity contribution in [2.24, 2.45) is 0 Å². The van der Waals surface area contributed by atoms with Gasteiger partial charge in [-0.05, 0) is 23.1 Å². The molecule has 130 valence electrons. The minimum Gasteiger partial charge on any atom is -0.287 e. The lowest BCUT2D eigenvalue weighted by atomic mass is 9.93. The van der Waals surface area contributed by atoms with Crippen LogP contribution in [-0.4, -0.2) is 10.8 Å². The molecule has 0 unspecified atom stereocenters. The van der Waals surface area contributed by atoms with Crippen molar-refractivity contribution in [2.75, 3.05) is 0 Å². The summed E-state index contributed by atoms with van der Waals surface area (Å²) < 4.78 is 0. The largest absolute Gasteiger partial charge is 0.287 e. The number of benzene rings is 1. The highest BCUT2D eigenvalue weighted by Crippen LogP contribution is 2.30. The summed E-state index contributed by atoms with van der Waals surface area (Å²) in [5.74, 6) is -0.235. The lowest BCUT2D eigenvalue weighted by molar-refractivity contribution is 0.104. The van der Waals surface area contributed by atoms with Crippen LogP contribution >= 0.6 is 22.7 Å². The zero-order valence-corrected chi connectivity index (χ0v) is 16.4. The van der Waals surface area contributed by atoms with Gasteiger partial charge in [0.25, 0.3) is 0 Å². The predicted molar refractivity (Wildman–Crippen MR) is 108 cm³/mol. The minimum absolute atomic E-state index is 0.0290. The van der Waals surface area contributed by atoms with Crippen molar-refractivity contribution in [2.45, 2.75) is 26.2 Å². The number of Topliss-reactive ketones (excluding diaryl/α,β-unsaturated/α-hetero) is 1. The van der Waals surface area contributed by atoms with E-state index in [9.17, 15) is 10.1 Å². The van der Waals surface area contributed by atoms with E-state index in [1.165, 1.54) is 11.3 Å². The van der Waals surface area contributed by atoms with Crippen LogP contribution in [0, 0.1) is 11.3 Å². The second-order valence-corrected chi connectivity index (χ2v) is 8.69. The average Bonchev–Trinajstić information content (AvgIpc) is 3.30. The number of hydrogen-bond donors (Lipinski definition) is 0. The number of nitriles is 1. The van der Waals surface area contributed by atoms with Crippen molar-refractivity contribution in [3.8, 4) is 16.6 Å². The van der Waals surface area contributed by atoms with E-state index in [1.807, 2.05) is 41.8 Å². The standard InChI is InChI=1S/C21H18N2OS2/c1-21(2,3)18-13-26-20(23-18)15-8-6-14(7-9-15)11-16(12-22)19(24)17-5-4-10-25-17/h4-11,13H,1-3H3. The third-order valence-corrected chi connectivity index (χ3v) is 5.61. The number of aromatic nitrogens is 1. The summed E-state index contributed by atoms with van der Waals surface area (Å²) >= 11 is 2.97. The fourth-order valence-corrected chi connectivity index (χ4v) is 4.06. The number of carbonyl (C=O) groups excluding carboxylic acids is 1. The van der Waals surface area contributed by atoms with Crippen LogP contribution < -0.4 is 0 Å². The van der Waals surface area contributed by atoms with Gasteiger partial charge in [0, 0.05) is 16.4 Å². The summed E-state index contributed by atoms with van der Waals surface area (Å²) in [4.78, 5) is 17.6. The molecule has 0 bridgehead atoms. The van der Waals surface area contributed by atoms with Gasteiger partial charge in [0.15, 0.2) is 0 Å². The van der Waals surface area contributed by atoms with Crippen LogP contribution in [0.3, 0.4) is 0 Å². The highest BCUT2D eigenvalue weighted by Gasteiger charge is 2.18. The van der Waals surface area contributed by atoms with Crippen molar-refractivity contribution in [1.29, 1.82) is 5.26 Å². The van der Waals surface area contributed by atoms with E-state index in [4.69, 9.17) is 4.98 Å². The zero-order chi connectivity index (χ0) is 18.7. The number of thiophene rings is 1. The Balaban J connectivity index is 1.84. The molecule has 3 nitrogen and oxygen atoms in total. The number of ketones is 1. The van der Waals surface area contributed by atoms with Gasteiger partial charge in [0.05, 0.1) is 10.6 Å². The third kappa shape index (κ3) is 3.98. The van der Waals surface area contributed by atoms with E-state index in [1.54, 1.807) is 23.5 Å². The molecule has 0 spiro atoms. The Labute approximate surface area is 161 Å². The van der Waals surface area contributed by atoms with Crippen molar-refractivity contribution in [3.05, 3.63) is 68.9 Å². The Morgan fingerprint density at radius 1 is 1.15 bits per heavy atom. The Hall–Kier alpha value is -2.55. The minimum atomic E-state index is -0.235. The smallest absolute Gasteiger partial charge is 0.213 e. The van der Waals surface area contributed by atoms with Crippen LogP contribution in [0.25, 0.3) is 16.6 Å². The van der Waals surface area contributed by atoms with Crippen molar-refractivity contribution >= 4 is 34.5 Å². The second kappa shape index (κ2) is 7.36. The molecule has 3 rings (SSSR count). The first-order valence-corrected chi connectivity index (χ1v) is 9.91. The van der Waals surface area contributed by atoms with Gasteiger partial charge >= 0.3 is 0 Å². The van der Waals surface area contributed by atoms with Crippen LogP contribution in [0.15, 0.2) is 52.7 Å². The average molecular weight is 379 g/mol. The first-order chi connectivity index (χ1) is 12.4. The van der Waals surface area contributed by atoms with E-state index >= 15 is 0 Å². The van der Waals surface area contributed by atoms with E-state index in [0.717, 1.165) is 21.8 Å². The highest BCUT2D eigenvalue weighted by atomic mass is 32.1. The molecule has 2 aromatic heterocycles. The van der Waals surface area contributed by atoms with Gasteiger partial charge in [0.2, 0.25) is 5.78 Å². The molecule has 0 fully saturated rings. The van der Waals surface area contributed by atoms with Crippen molar-refractivity contribution in [1.82, 2.24) is 4.98 Å². The molecule has 0 amide bonds. The van der Waals surface area contributed by atoms with E-state index in [-0.39, 0.29) is 16.8 Å². The lowest BCUT2D eigenvalue weighted by Gasteiger charge is -2.14. The summed E-state index contributed by atoms with van der Waals surface area (Å²) in [5.41, 5.74) is 3.11. The van der Waals surface area contributed by atoms with Crippen molar-refractivity contribution < 1.29 is 4.79 Å². The molecule has 0 saturated heterocycles. The van der Waals surface area contributed by atoms with Crippen LogP contribution in [0.5, 0.6) is 0 Å². The number of rotatable bonds is 4. The quantitative estimate of drug-likeness (QED) is 0.320. The van der Waals surface area contributed by atoms with Gasteiger partial charge in [0.1, 0.15) is 16.6 Å². The van der Waals surface area contributed by atoms with Gasteiger partial charge < -0.3 is 0 Å². The van der Waals surface area contributed by atoms with Gasteiger partial charge in [-0.1, -0.05) is 51.1 Å². The van der Waals surface area contributed by atoms with Crippen LogP contribution in [0.2, 0.25) is 0 Å². The molecule has 0 radical (unpaired) electrons. The zero-order valence-electron chi connectivity index (χ0n) is 14.8. The molecule has 2 heterocycles. The van der Waals surface area contributed by atoms with Crippen LogP contribution in [0.1, 0.15) is 41.7 Å². The Morgan fingerprint density at radius 3 is 2.42 bits per heavy atom. The molecule has 0 atom stereocenters. The number of hydrogen-bond acceptors (Lipinski definition) is 5. The monoisotopic (exact) mass is 378 g/mol. The van der Waals surface area contributed by atoms with Gasteiger partial charge in [-0.3, -0.25) is 4.79 Å². The first-order valence-electron chi connectivity index (χ1n) is 8.15. The molecule has 0 aliphatic carbocycles. The molecule has 26 heavy (non-hydrogen) atoms. The van der Waals surface area contributed by atoms with Gasteiger partial charge in [-0.2, -0.15) is 5.26 Å². The Morgan fingerprint density at radius 2 is 1.88 bits per heavy atom. The fraction of sp³-hybridized carbons (Fsp3) is 0.190. The van der Waals surface area contributed by atoms with E-state index < -0.39 is 0 Å². The second-order valence-electron chi connectivity index (χ2n) is 6.89. The van der Waals surface area contributed by atoms with Gasteiger partial charge in [-0.15, -0.1) is 22.7 Å². The third-order valence-electron chi connectivity index (χ3n) is 3.85. The predicted octanol–water partition coefficient (Wildman–Crippen LogP) is 5.96. The molecular formula is C21H18N2OS2. The summed E-state index contributed by atoms with van der Waals surface area (Å²) in [6, 6.07) is 13.3. The van der Waals surface area contributed by atoms with Gasteiger partial charge in [-0.25, -0.2) is 4.98 Å². The molecule has 0 N–H and O–H groups in total. The molecular weight excluding hydrogens is 360 g/mol. The van der Waals surface area contributed by atoms with E-state index in [2.05, 4.69) is 26.2 Å². The maximum Gasteiger partial charge on any atom is 0.213 e. The topological polar surface area (TPSA) is 53.8 Å². The van der Waals surface area contributed by atoms with Crippen LogP contribution in [0.4, 0.5) is 0 Å². The Bertz CT molecular complexity index is 982. The summed E-state index contributed by atoms with van der Waals surface area (Å²) in [7, 11) is 0. The number of allylic oxidation sites excluding steroid dienone is 1. The SMILES string of the molecule is CC(C)(C)c1csc(-c2ccc(C=C(C#N)C(=O)c3cccs3)cc2)n1. The van der Waals surface area contributed by atoms with Crippen molar-refractivity contribution in [3.63, 3.8) is 0 Å². The molecule has 0 aliphatic rings. The van der Waals surface area contributed by atoms with E-state index in [0.29, 0.717) is 4.88 Å². The number of nitrogens with zero attached hydrogens (tertiary/aromatic N) is 2. The number of carbonyl (C=O) groups is 1. The fourth-order valence-electron chi connectivity index (χ4n) is 2.33. The maximum absolute atomic E-state index is 12.3. The molecule has 0 saturated carbocycles. The summed E-state index contributed by atoms with van der Waals surface area (Å²) in [5, 5.41) is 14.2. The first kappa shape index (κ1) is 18.2. The number of thiazole rings is 1. The normalized spacial score (nSPS) is 12.0. The summed E-state index contributed by atoms with van der Waals surface area (Å²) in [6.45, 7) is 6.44. The summed E-state index contributed by atoms with van der Waals surface area (Å²) in [6.07, 6.45) is 1.63. The molecule has 5 heteroatoms. The molecule has 1 aromatic carbocycles. The van der Waals surface area contributed by atoms with Crippen LogP contribution in [-0.2, 0) is 5.41 Å². The maximum atomic E-state index is 12.3. The molecule has 0 aliphatic heterocycles. The highest BCUT2D eigenvalue weighted by molar-refractivity contribution is 7.13.